The molecule has 0 radical (unpaired) electrons. The molecule has 0 unspecified atom stereocenters. The molecule has 0 aromatic rings. The average Bonchev–Trinajstić information content (AvgIpc) is 2.55. The first-order chi connectivity index (χ1) is 6.55. The summed E-state index contributed by atoms with van der Waals surface area (Å²) in [5.41, 5.74) is 0.294. The van der Waals surface area contributed by atoms with Crippen LogP contribution in [0.25, 0.3) is 0 Å². The summed E-state index contributed by atoms with van der Waals surface area (Å²) >= 11 is 6.27. The maximum absolute atomic E-state index is 4.29. The molecule has 1 saturated carbocycles. The van der Waals surface area contributed by atoms with Gasteiger partial charge >= 0.3 is 0 Å². The third-order valence-electron chi connectivity index (χ3n) is 2.64. The summed E-state index contributed by atoms with van der Waals surface area (Å²) in [6.07, 6.45) is 5.60. The maximum Gasteiger partial charge on any atom is 0.0232 e. The highest BCUT2D eigenvalue weighted by Crippen LogP contribution is 2.34. The second kappa shape index (κ2) is 5.66. The molecular weight excluding hydrogens is 210 g/mol. The summed E-state index contributed by atoms with van der Waals surface area (Å²) in [5, 5.41) is 0. The molecule has 0 heterocycles. The van der Waals surface area contributed by atoms with E-state index >= 15 is 0 Å². The number of rotatable bonds is 4. The van der Waals surface area contributed by atoms with Gasteiger partial charge in [-0.3, -0.25) is 0 Å². The largest absolute Gasteiger partial charge is 0.242 e. The van der Waals surface area contributed by atoms with Crippen LogP contribution in [0.3, 0.4) is 0 Å². The van der Waals surface area contributed by atoms with Crippen molar-refractivity contribution < 1.29 is 0 Å². The molecule has 0 spiro atoms. The van der Waals surface area contributed by atoms with E-state index in [0.717, 1.165) is 17.5 Å². The molecule has 0 amide bonds. The molecule has 14 heavy (non-hydrogen) atoms. The molecule has 1 nitrogen and oxygen atoms in total. The van der Waals surface area contributed by atoms with Crippen molar-refractivity contribution in [3.05, 3.63) is 0 Å². The topological polar surface area (TPSA) is 3.24 Å². The van der Waals surface area contributed by atoms with Crippen molar-refractivity contribution in [1.29, 1.82) is 0 Å². The monoisotopic (exact) mass is 233 g/mol. The Balaban J connectivity index is 2.51. The predicted molar refractivity (Wildman–Crippen MR) is 70.2 cm³/mol. The Morgan fingerprint density at radius 3 is 2.29 bits per heavy atom. The first-order valence-corrected chi connectivity index (χ1v) is 7.16. The van der Waals surface area contributed by atoms with Crippen LogP contribution in [-0.2, 0) is 0 Å². The Bertz CT molecular complexity index is 159. The number of nitrogens with zero attached hydrogens (tertiary/aromatic N) is 1. The van der Waals surface area contributed by atoms with E-state index in [-0.39, 0.29) is 0 Å². The van der Waals surface area contributed by atoms with E-state index in [2.05, 4.69) is 37.7 Å². The third-order valence-corrected chi connectivity index (χ3v) is 4.68. The van der Waals surface area contributed by atoms with Crippen LogP contribution in [-0.4, -0.2) is 27.4 Å². The van der Waals surface area contributed by atoms with Gasteiger partial charge in [-0.2, -0.15) is 12.6 Å². The van der Waals surface area contributed by atoms with Gasteiger partial charge in [0.15, 0.2) is 0 Å². The predicted octanol–water partition coefficient (Wildman–Crippen LogP) is 3.61. The Labute approximate surface area is 98.6 Å². The lowest BCUT2D eigenvalue weighted by atomic mass is 10.1. The average molecular weight is 233 g/mol. The van der Waals surface area contributed by atoms with E-state index in [9.17, 15) is 0 Å². The van der Waals surface area contributed by atoms with E-state index in [0.29, 0.717) is 5.54 Å². The van der Waals surface area contributed by atoms with E-state index in [1.807, 2.05) is 11.9 Å². The van der Waals surface area contributed by atoms with Crippen molar-refractivity contribution in [3.8, 4) is 0 Å². The minimum absolute atomic E-state index is 0.294. The first kappa shape index (κ1) is 12.7. The van der Waals surface area contributed by atoms with Crippen LogP contribution in [0.1, 0.15) is 46.5 Å². The van der Waals surface area contributed by atoms with Crippen LogP contribution in [0.5, 0.6) is 0 Å². The molecule has 0 atom stereocenters. The fourth-order valence-electron chi connectivity index (χ4n) is 2.12. The Kier molecular flexibility index (Phi) is 5.15. The maximum atomic E-state index is 4.29. The van der Waals surface area contributed by atoms with Gasteiger partial charge in [0.25, 0.3) is 0 Å². The highest BCUT2D eigenvalue weighted by atomic mass is 32.2. The molecular formula is C11H23NS2. The van der Waals surface area contributed by atoms with Crippen molar-refractivity contribution >= 4 is 24.6 Å². The van der Waals surface area contributed by atoms with Gasteiger partial charge in [-0.25, -0.2) is 4.31 Å². The lowest BCUT2D eigenvalue weighted by Crippen LogP contribution is -2.42. The Morgan fingerprint density at radius 1 is 1.29 bits per heavy atom. The zero-order valence-corrected chi connectivity index (χ0v) is 11.3. The van der Waals surface area contributed by atoms with Gasteiger partial charge in [-0.15, -0.1) is 0 Å². The summed E-state index contributed by atoms with van der Waals surface area (Å²) in [6, 6.07) is 0.805. The lowest BCUT2D eigenvalue weighted by molar-refractivity contribution is 0.211. The molecule has 84 valence electrons. The van der Waals surface area contributed by atoms with Gasteiger partial charge in [0.2, 0.25) is 0 Å². The van der Waals surface area contributed by atoms with Crippen molar-refractivity contribution in [2.24, 2.45) is 0 Å². The molecule has 0 N–H and O–H groups in total. The quantitative estimate of drug-likeness (QED) is 0.584. The van der Waals surface area contributed by atoms with Crippen molar-refractivity contribution in [2.75, 3.05) is 11.5 Å². The zero-order valence-electron chi connectivity index (χ0n) is 9.62. The van der Waals surface area contributed by atoms with E-state index in [4.69, 9.17) is 0 Å². The standard InChI is InChI=1S/C11H23NS2/c1-11(2,3)12(14-9-8-13)10-6-4-5-7-10/h10,13H,4-9H2,1-3H3. The van der Waals surface area contributed by atoms with E-state index < -0.39 is 0 Å². The molecule has 0 aliphatic heterocycles. The summed E-state index contributed by atoms with van der Waals surface area (Å²) in [6.45, 7) is 6.95. The van der Waals surface area contributed by atoms with Crippen LogP contribution in [0.15, 0.2) is 0 Å². The lowest BCUT2D eigenvalue weighted by Gasteiger charge is -2.39. The van der Waals surface area contributed by atoms with Gasteiger partial charge in [-0.1, -0.05) is 24.8 Å². The second-order valence-corrected chi connectivity index (χ2v) is 6.50. The summed E-state index contributed by atoms with van der Waals surface area (Å²) in [5.74, 6) is 2.11. The van der Waals surface area contributed by atoms with Crippen LogP contribution in [0, 0.1) is 0 Å². The van der Waals surface area contributed by atoms with Gasteiger partial charge in [0.05, 0.1) is 0 Å². The molecule has 1 aliphatic rings. The molecule has 1 aliphatic carbocycles. The fraction of sp³-hybridized carbons (Fsp3) is 1.00. The normalized spacial score (nSPS) is 19.5. The Morgan fingerprint density at radius 2 is 1.86 bits per heavy atom. The first-order valence-electron chi connectivity index (χ1n) is 5.59. The van der Waals surface area contributed by atoms with Crippen LogP contribution < -0.4 is 0 Å². The molecule has 1 fully saturated rings. The van der Waals surface area contributed by atoms with Gasteiger partial charge in [0, 0.05) is 23.1 Å². The van der Waals surface area contributed by atoms with Crippen LogP contribution >= 0.6 is 24.6 Å². The van der Waals surface area contributed by atoms with Gasteiger partial charge in [-0.05, 0) is 33.6 Å². The molecule has 0 aromatic heterocycles. The second-order valence-electron chi connectivity index (χ2n) is 4.99. The fourth-order valence-corrected chi connectivity index (χ4v) is 3.46. The summed E-state index contributed by atoms with van der Waals surface area (Å²) in [7, 11) is 0. The van der Waals surface area contributed by atoms with Crippen LogP contribution in [0.4, 0.5) is 0 Å². The van der Waals surface area contributed by atoms with E-state index in [1.54, 1.807) is 0 Å². The molecule has 0 bridgehead atoms. The summed E-state index contributed by atoms with van der Waals surface area (Å²) < 4.78 is 2.61. The van der Waals surface area contributed by atoms with Crippen molar-refractivity contribution in [2.45, 2.75) is 58.0 Å². The minimum atomic E-state index is 0.294. The van der Waals surface area contributed by atoms with Crippen molar-refractivity contribution in [3.63, 3.8) is 0 Å². The van der Waals surface area contributed by atoms with Gasteiger partial charge in [0.1, 0.15) is 0 Å². The molecule has 1 rings (SSSR count). The highest BCUT2D eigenvalue weighted by molar-refractivity contribution is 7.97. The third kappa shape index (κ3) is 3.67. The highest BCUT2D eigenvalue weighted by Gasteiger charge is 2.31. The smallest absolute Gasteiger partial charge is 0.0232 e. The Hall–Kier alpha value is 0.660. The summed E-state index contributed by atoms with van der Waals surface area (Å²) in [4.78, 5) is 0. The molecule has 3 heteroatoms. The number of thiol groups is 1. The molecule has 0 aromatic carbocycles. The SMILES string of the molecule is CC(C)(C)N(SCCS)C1CCCC1. The van der Waals surface area contributed by atoms with E-state index in [1.165, 1.54) is 25.7 Å². The van der Waals surface area contributed by atoms with Gasteiger partial charge < -0.3 is 0 Å². The number of hydrogen-bond acceptors (Lipinski definition) is 3. The zero-order chi connectivity index (χ0) is 10.6. The molecule has 0 saturated heterocycles. The van der Waals surface area contributed by atoms with Crippen LogP contribution in [0.2, 0.25) is 0 Å². The van der Waals surface area contributed by atoms with Crippen molar-refractivity contribution in [1.82, 2.24) is 4.31 Å². The minimum Gasteiger partial charge on any atom is -0.242 e. The number of hydrogen-bond donors (Lipinski definition) is 1.